The van der Waals surface area contributed by atoms with Crippen molar-refractivity contribution in [1.29, 1.82) is 0 Å². The summed E-state index contributed by atoms with van der Waals surface area (Å²) in [5.41, 5.74) is -0.990. The minimum absolute atomic E-state index is 0.0370. The quantitative estimate of drug-likeness (QED) is 0.645. The van der Waals surface area contributed by atoms with Crippen molar-refractivity contribution in [3.05, 3.63) is 0 Å². The monoisotopic (exact) mass is 160 g/mol. The number of aliphatic hydroxyl groups is 1. The van der Waals surface area contributed by atoms with Crippen LogP contribution in [0.1, 0.15) is 26.7 Å². The average molecular weight is 160 g/mol. The third-order valence-electron chi connectivity index (χ3n) is 1.82. The molecular weight excluding hydrogens is 144 g/mol. The summed E-state index contributed by atoms with van der Waals surface area (Å²) in [6.45, 7) is 3.28. The Hall–Kier alpha value is -0.410. The van der Waals surface area contributed by atoms with E-state index in [1.165, 1.54) is 7.11 Å². The fourth-order valence-electron chi connectivity index (χ4n) is 0.758. The van der Waals surface area contributed by atoms with Crippen molar-refractivity contribution in [2.24, 2.45) is 0 Å². The highest BCUT2D eigenvalue weighted by Gasteiger charge is 2.30. The molecule has 1 atom stereocenters. The van der Waals surface area contributed by atoms with Gasteiger partial charge in [-0.3, -0.25) is 4.79 Å². The third kappa shape index (κ3) is 2.60. The Balaban J connectivity index is 4.12. The number of ketones is 1. The number of hydrogen-bond acceptors (Lipinski definition) is 3. The van der Waals surface area contributed by atoms with Crippen LogP contribution in [0, 0.1) is 0 Å². The van der Waals surface area contributed by atoms with Gasteiger partial charge in [-0.1, -0.05) is 6.92 Å². The highest BCUT2D eigenvalue weighted by molar-refractivity contribution is 5.86. The molecule has 0 spiro atoms. The molecule has 0 aromatic rings. The molecule has 0 heterocycles. The first-order valence-electron chi connectivity index (χ1n) is 3.80. The van der Waals surface area contributed by atoms with Crippen molar-refractivity contribution in [1.82, 2.24) is 0 Å². The van der Waals surface area contributed by atoms with Crippen LogP contribution in [0.3, 0.4) is 0 Å². The first-order chi connectivity index (χ1) is 5.10. The van der Waals surface area contributed by atoms with Crippen LogP contribution in [0.25, 0.3) is 0 Å². The molecule has 3 nitrogen and oxygen atoms in total. The molecule has 0 amide bonds. The van der Waals surface area contributed by atoms with Gasteiger partial charge in [-0.25, -0.2) is 0 Å². The molecule has 3 heteroatoms. The van der Waals surface area contributed by atoms with Crippen molar-refractivity contribution < 1.29 is 14.6 Å². The molecular formula is C8H16O3. The van der Waals surface area contributed by atoms with Crippen LogP contribution in [0.2, 0.25) is 0 Å². The molecule has 0 fully saturated rings. The van der Waals surface area contributed by atoms with Crippen LogP contribution in [-0.2, 0) is 9.53 Å². The predicted octanol–water partition coefficient (Wildman–Crippen LogP) is 0.753. The largest absolute Gasteiger partial charge is 0.393 e. The van der Waals surface area contributed by atoms with E-state index in [0.29, 0.717) is 6.42 Å². The maximum Gasteiger partial charge on any atom is 0.166 e. The zero-order valence-electron chi connectivity index (χ0n) is 7.39. The van der Waals surface area contributed by atoms with E-state index in [9.17, 15) is 4.79 Å². The van der Waals surface area contributed by atoms with E-state index in [2.05, 4.69) is 0 Å². The lowest BCUT2D eigenvalue weighted by Gasteiger charge is -2.23. The van der Waals surface area contributed by atoms with Gasteiger partial charge in [-0.05, 0) is 13.3 Å². The summed E-state index contributed by atoms with van der Waals surface area (Å²) in [6, 6.07) is 0. The molecule has 11 heavy (non-hydrogen) atoms. The second-order valence-electron chi connectivity index (χ2n) is 2.77. The fraction of sp³-hybridized carbons (Fsp3) is 0.875. The zero-order chi connectivity index (χ0) is 8.91. The second kappa shape index (κ2) is 4.46. The molecule has 0 aromatic heterocycles. The number of ether oxygens (including phenoxy) is 1. The van der Waals surface area contributed by atoms with Crippen molar-refractivity contribution >= 4 is 5.78 Å². The first-order valence-corrected chi connectivity index (χ1v) is 3.80. The average Bonchev–Trinajstić information content (AvgIpc) is 2.03. The van der Waals surface area contributed by atoms with Gasteiger partial charge in [0.05, 0.1) is 6.61 Å². The summed E-state index contributed by atoms with van der Waals surface area (Å²) in [7, 11) is 1.43. The SMILES string of the molecule is CCCC(=O)C(C)(CO)OC. The number of carbonyl (C=O) groups excluding carboxylic acids is 1. The standard InChI is InChI=1S/C8H16O3/c1-4-5-7(10)8(2,6-9)11-3/h9H,4-6H2,1-3H3. The number of aliphatic hydroxyl groups excluding tert-OH is 1. The highest BCUT2D eigenvalue weighted by atomic mass is 16.5. The van der Waals surface area contributed by atoms with Gasteiger partial charge in [-0.15, -0.1) is 0 Å². The number of methoxy groups -OCH3 is 1. The Morgan fingerprint density at radius 3 is 2.45 bits per heavy atom. The normalized spacial score (nSPS) is 16.0. The number of Topliss-reactive ketones (excluding diaryl/α,β-unsaturated/α-hetero) is 1. The van der Waals surface area contributed by atoms with E-state index in [1.54, 1.807) is 6.92 Å². The van der Waals surface area contributed by atoms with E-state index < -0.39 is 5.60 Å². The van der Waals surface area contributed by atoms with Crippen LogP contribution in [-0.4, -0.2) is 30.2 Å². The summed E-state index contributed by atoms with van der Waals surface area (Å²) in [4.78, 5) is 11.2. The molecule has 0 saturated heterocycles. The number of hydrogen-bond donors (Lipinski definition) is 1. The van der Waals surface area contributed by atoms with E-state index in [4.69, 9.17) is 9.84 Å². The van der Waals surface area contributed by atoms with Crippen LogP contribution in [0.15, 0.2) is 0 Å². The molecule has 66 valence electrons. The molecule has 0 aromatic carbocycles. The lowest BCUT2D eigenvalue weighted by molar-refractivity contribution is -0.143. The van der Waals surface area contributed by atoms with Gasteiger partial charge in [0, 0.05) is 13.5 Å². The second-order valence-corrected chi connectivity index (χ2v) is 2.77. The summed E-state index contributed by atoms with van der Waals surface area (Å²) in [5, 5.41) is 8.84. The van der Waals surface area contributed by atoms with Crippen molar-refractivity contribution in [3.8, 4) is 0 Å². The van der Waals surface area contributed by atoms with Crippen molar-refractivity contribution in [2.45, 2.75) is 32.3 Å². The van der Waals surface area contributed by atoms with Gasteiger partial charge in [0.25, 0.3) is 0 Å². The molecule has 1 unspecified atom stereocenters. The Kier molecular flexibility index (Phi) is 4.30. The smallest absolute Gasteiger partial charge is 0.166 e. The maximum absolute atomic E-state index is 11.2. The molecule has 0 rings (SSSR count). The molecule has 0 radical (unpaired) electrons. The van der Waals surface area contributed by atoms with E-state index in [-0.39, 0.29) is 12.4 Å². The Labute approximate surface area is 67.4 Å². The van der Waals surface area contributed by atoms with Crippen LogP contribution >= 0.6 is 0 Å². The summed E-state index contributed by atoms with van der Waals surface area (Å²) >= 11 is 0. The maximum atomic E-state index is 11.2. The minimum Gasteiger partial charge on any atom is -0.393 e. The molecule has 0 saturated carbocycles. The first kappa shape index (κ1) is 10.6. The topological polar surface area (TPSA) is 46.5 Å². The minimum atomic E-state index is -0.990. The fourth-order valence-corrected chi connectivity index (χ4v) is 0.758. The van der Waals surface area contributed by atoms with Gasteiger partial charge in [0.2, 0.25) is 0 Å². The van der Waals surface area contributed by atoms with E-state index >= 15 is 0 Å². The van der Waals surface area contributed by atoms with Gasteiger partial charge in [-0.2, -0.15) is 0 Å². The zero-order valence-corrected chi connectivity index (χ0v) is 7.39. The number of carbonyl (C=O) groups is 1. The summed E-state index contributed by atoms with van der Waals surface area (Å²) < 4.78 is 4.90. The van der Waals surface area contributed by atoms with Gasteiger partial charge >= 0.3 is 0 Å². The van der Waals surface area contributed by atoms with E-state index in [0.717, 1.165) is 6.42 Å². The van der Waals surface area contributed by atoms with Gasteiger partial charge in [0.15, 0.2) is 5.78 Å². The van der Waals surface area contributed by atoms with E-state index in [1.807, 2.05) is 6.92 Å². The Morgan fingerprint density at radius 2 is 2.18 bits per heavy atom. The molecule has 0 bridgehead atoms. The Bertz CT molecular complexity index is 127. The van der Waals surface area contributed by atoms with Crippen molar-refractivity contribution in [3.63, 3.8) is 0 Å². The lowest BCUT2D eigenvalue weighted by Crippen LogP contribution is -2.41. The highest BCUT2D eigenvalue weighted by Crippen LogP contribution is 2.12. The molecule has 0 aliphatic heterocycles. The molecule has 0 aliphatic carbocycles. The predicted molar refractivity (Wildman–Crippen MR) is 42.4 cm³/mol. The van der Waals surface area contributed by atoms with Crippen molar-refractivity contribution in [2.75, 3.05) is 13.7 Å². The molecule has 1 N–H and O–H groups in total. The van der Waals surface area contributed by atoms with Crippen LogP contribution < -0.4 is 0 Å². The van der Waals surface area contributed by atoms with Gasteiger partial charge < -0.3 is 9.84 Å². The molecule has 0 aliphatic rings. The number of rotatable bonds is 5. The van der Waals surface area contributed by atoms with Crippen LogP contribution in [0.4, 0.5) is 0 Å². The van der Waals surface area contributed by atoms with Crippen LogP contribution in [0.5, 0.6) is 0 Å². The third-order valence-corrected chi connectivity index (χ3v) is 1.82. The summed E-state index contributed by atoms with van der Waals surface area (Å²) in [5.74, 6) is -0.0370. The lowest BCUT2D eigenvalue weighted by atomic mass is 9.98. The Morgan fingerprint density at radius 1 is 1.64 bits per heavy atom. The van der Waals surface area contributed by atoms with Gasteiger partial charge in [0.1, 0.15) is 5.60 Å². The summed E-state index contributed by atoms with van der Waals surface area (Å²) in [6.07, 6.45) is 1.25.